The summed E-state index contributed by atoms with van der Waals surface area (Å²) in [5, 5.41) is 16.1. The zero-order valence-corrected chi connectivity index (χ0v) is 9.99. The molecule has 0 radical (unpaired) electrons. The number of piperidine rings is 1. The van der Waals surface area contributed by atoms with Crippen LogP contribution in [0.15, 0.2) is 22.0 Å². The van der Waals surface area contributed by atoms with Gasteiger partial charge in [-0.2, -0.15) is 11.3 Å². The van der Waals surface area contributed by atoms with E-state index in [1.165, 1.54) is 12.0 Å². The molecule has 1 aromatic rings. The Bertz CT molecular complexity index is 350. The van der Waals surface area contributed by atoms with Gasteiger partial charge in [0.2, 0.25) is 0 Å². The molecular weight excluding hydrogens is 222 g/mol. The monoisotopic (exact) mass is 239 g/mol. The number of hydrogen-bond acceptors (Lipinski definition) is 4. The molecule has 16 heavy (non-hydrogen) atoms. The molecule has 0 aromatic carbocycles. The quantitative estimate of drug-likeness (QED) is 0.366. The van der Waals surface area contributed by atoms with E-state index in [4.69, 9.17) is 10.9 Å². The van der Waals surface area contributed by atoms with Crippen molar-refractivity contribution in [2.75, 3.05) is 6.54 Å². The molecule has 4 nitrogen and oxygen atoms in total. The Hall–Kier alpha value is -1.07. The second-order valence-electron chi connectivity index (χ2n) is 4.14. The van der Waals surface area contributed by atoms with Crippen LogP contribution in [0.3, 0.4) is 0 Å². The molecule has 0 aliphatic carbocycles. The van der Waals surface area contributed by atoms with Gasteiger partial charge in [-0.25, -0.2) is 0 Å². The fraction of sp³-hybridized carbons (Fsp3) is 0.545. The van der Waals surface area contributed by atoms with Crippen LogP contribution in [-0.2, 0) is 6.54 Å². The van der Waals surface area contributed by atoms with Crippen molar-refractivity contribution >= 4 is 17.2 Å². The topological polar surface area (TPSA) is 61.9 Å². The molecule has 0 bridgehead atoms. The van der Waals surface area contributed by atoms with Crippen molar-refractivity contribution in [2.45, 2.75) is 31.8 Å². The number of rotatable bonds is 3. The van der Waals surface area contributed by atoms with E-state index in [9.17, 15) is 0 Å². The van der Waals surface area contributed by atoms with Gasteiger partial charge in [-0.3, -0.25) is 4.90 Å². The van der Waals surface area contributed by atoms with Crippen LogP contribution >= 0.6 is 11.3 Å². The molecule has 0 amide bonds. The van der Waals surface area contributed by atoms with Crippen molar-refractivity contribution in [1.82, 2.24) is 4.90 Å². The third-order valence-corrected chi connectivity index (χ3v) is 3.77. The molecule has 1 aliphatic heterocycles. The Kier molecular flexibility index (Phi) is 3.79. The summed E-state index contributed by atoms with van der Waals surface area (Å²) >= 11 is 1.71. The third kappa shape index (κ3) is 2.54. The van der Waals surface area contributed by atoms with Gasteiger partial charge < -0.3 is 10.9 Å². The van der Waals surface area contributed by atoms with E-state index in [2.05, 4.69) is 26.9 Å². The SMILES string of the molecule is NC(=NO)C1CCCCN1Cc1ccsc1. The largest absolute Gasteiger partial charge is 0.409 e. The molecule has 1 atom stereocenters. The van der Waals surface area contributed by atoms with Crippen molar-refractivity contribution in [2.24, 2.45) is 10.9 Å². The Morgan fingerprint density at radius 3 is 3.19 bits per heavy atom. The van der Waals surface area contributed by atoms with Crippen LogP contribution in [0.25, 0.3) is 0 Å². The van der Waals surface area contributed by atoms with Crippen LogP contribution in [0.2, 0.25) is 0 Å². The van der Waals surface area contributed by atoms with Gasteiger partial charge in [0.1, 0.15) is 0 Å². The summed E-state index contributed by atoms with van der Waals surface area (Å²) in [5.41, 5.74) is 7.04. The van der Waals surface area contributed by atoms with E-state index < -0.39 is 0 Å². The fourth-order valence-electron chi connectivity index (χ4n) is 2.20. The molecule has 1 aliphatic rings. The smallest absolute Gasteiger partial charge is 0.156 e. The van der Waals surface area contributed by atoms with Crippen LogP contribution in [-0.4, -0.2) is 28.5 Å². The molecule has 88 valence electrons. The summed E-state index contributed by atoms with van der Waals surface area (Å²) in [6.07, 6.45) is 3.33. The molecule has 2 rings (SSSR count). The van der Waals surface area contributed by atoms with Crippen molar-refractivity contribution in [3.8, 4) is 0 Å². The second kappa shape index (κ2) is 5.32. The van der Waals surface area contributed by atoms with Crippen molar-refractivity contribution in [3.05, 3.63) is 22.4 Å². The highest BCUT2D eigenvalue weighted by Crippen LogP contribution is 2.20. The van der Waals surface area contributed by atoms with Gasteiger partial charge in [0.15, 0.2) is 5.84 Å². The molecule has 1 unspecified atom stereocenters. The number of oxime groups is 1. The van der Waals surface area contributed by atoms with E-state index in [1.54, 1.807) is 11.3 Å². The lowest BCUT2D eigenvalue weighted by molar-refractivity contribution is 0.178. The molecule has 0 saturated carbocycles. The van der Waals surface area contributed by atoms with Crippen LogP contribution in [0.5, 0.6) is 0 Å². The summed E-state index contributed by atoms with van der Waals surface area (Å²) in [6.45, 7) is 1.92. The molecule has 2 heterocycles. The minimum Gasteiger partial charge on any atom is -0.409 e. The van der Waals surface area contributed by atoms with E-state index in [0.29, 0.717) is 5.84 Å². The molecule has 1 aromatic heterocycles. The number of nitrogens with zero attached hydrogens (tertiary/aromatic N) is 2. The molecule has 1 fully saturated rings. The standard InChI is InChI=1S/C11H17N3OS/c12-11(13-15)10-3-1-2-5-14(10)7-9-4-6-16-8-9/h4,6,8,10,15H,1-3,5,7H2,(H2,12,13). The first-order chi connectivity index (χ1) is 7.81. The number of amidine groups is 1. The highest BCUT2D eigenvalue weighted by Gasteiger charge is 2.25. The fourth-order valence-corrected chi connectivity index (χ4v) is 2.86. The maximum absolute atomic E-state index is 8.77. The summed E-state index contributed by atoms with van der Waals surface area (Å²) in [5.74, 6) is 0.343. The van der Waals surface area contributed by atoms with E-state index in [-0.39, 0.29) is 6.04 Å². The summed E-state index contributed by atoms with van der Waals surface area (Å²) in [7, 11) is 0. The Morgan fingerprint density at radius 1 is 1.62 bits per heavy atom. The third-order valence-electron chi connectivity index (χ3n) is 3.04. The van der Waals surface area contributed by atoms with Gasteiger partial charge in [0.25, 0.3) is 0 Å². The van der Waals surface area contributed by atoms with Gasteiger partial charge in [-0.1, -0.05) is 11.6 Å². The normalized spacial score (nSPS) is 23.5. The number of likely N-dealkylation sites (tertiary alicyclic amines) is 1. The first-order valence-corrected chi connectivity index (χ1v) is 6.48. The van der Waals surface area contributed by atoms with E-state index >= 15 is 0 Å². The second-order valence-corrected chi connectivity index (χ2v) is 4.92. The average Bonchev–Trinajstić information content (AvgIpc) is 2.82. The van der Waals surface area contributed by atoms with Crippen LogP contribution in [0.1, 0.15) is 24.8 Å². The van der Waals surface area contributed by atoms with E-state index in [0.717, 1.165) is 25.9 Å². The lowest BCUT2D eigenvalue weighted by atomic mass is 10.0. The minimum atomic E-state index is 0.0960. The molecule has 3 N–H and O–H groups in total. The first kappa shape index (κ1) is 11.4. The first-order valence-electron chi connectivity index (χ1n) is 5.54. The van der Waals surface area contributed by atoms with E-state index in [1.807, 2.05) is 0 Å². The lowest BCUT2D eigenvalue weighted by Crippen LogP contribution is -2.47. The number of hydrogen-bond donors (Lipinski definition) is 2. The highest BCUT2D eigenvalue weighted by molar-refractivity contribution is 7.07. The summed E-state index contributed by atoms with van der Waals surface area (Å²) in [4.78, 5) is 2.29. The van der Waals surface area contributed by atoms with Gasteiger partial charge >= 0.3 is 0 Å². The number of thiophene rings is 1. The maximum Gasteiger partial charge on any atom is 0.156 e. The summed E-state index contributed by atoms with van der Waals surface area (Å²) < 4.78 is 0. The zero-order valence-electron chi connectivity index (χ0n) is 9.17. The summed E-state index contributed by atoms with van der Waals surface area (Å²) in [6, 6.07) is 2.22. The van der Waals surface area contributed by atoms with Gasteiger partial charge in [-0.15, -0.1) is 0 Å². The predicted octanol–water partition coefficient (Wildman–Crippen LogP) is 1.85. The highest BCUT2D eigenvalue weighted by atomic mass is 32.1. The lowest BCUT2D eigenvalue weighted by Gasteiger charge is -2.34. The molecule has 5 heteroatoms. The minimum absolute atomic E-state index is 0.0960. The zero-order chi connectivity index (χ0) is 11.4. The van der Waals surface area contributed by atoms with Crippen LogP contribution < -0.4 is 5.73 Å². The Labute approximate surface area is 99.4 Å². The van der Waals surface area contributed by atoms with Crippen LogP contribution in [0, 0.1) is 0 Å². The maximum atomic E-state index is 8.77. The van der Waals surface area contributed by atoms with Crippen molar-refractivity contribution in [1.29, 1.82) is 0 Å². The predicted molar refractivity (Wildman–Crippen MR) is 65.8 cm³/mol. The van der Waals surface area contributed by atoms with Crippen molar-refractivity contribution in [3.63, 3.8) is 0 Å². The van der Waals surface area contributed by atoms with Gasteiger partial charge in [-0.05, 0) is 41.8 Å². The number of nitrogens with two attached hydrogens (primary N) is 1. The molecule has 0 spiro atoms. The Balaban J connectivity index is 2.05. The van der Waals surface area contributed by atoms with Crippen LogP contribution in [0.4, 0.5) is 0 Å². The van der Waals surface area contributed by atoms with Crippen molar-refractivity contribution < 1.29 is 5.21 Å². The van der Waals surface area contributed by atoms with Gasteiger partial charge in [0.05, 0.1) is 6.04 Å². The molecular formula is C11H17N3OS. The van der Waals surface area contributed by atoms with Gasteiger partial charge in [0, 0.05) is 6.54 Å². The Morgan fingerprint density at radius 2 is 2.50 bits per heavy atom. The molecule has 1 saturated heterocycles. The average molecular weight is 239 g/mol.